The molecule has 0 aromatic carbocycles. The maximum absolute atomic E-state index is 13.7. The first-order chi connectivity index (χ1) is 31.1. The van der Waals surface area contributed by atoms with Crippen LogP contribution in [0.3, 0.4) is 0 Å². The van der Waals surface area contributed by atoms with Gasteiger partial charge in [-0.2, -0.15) is 0 Å². The number of carbonyl (C=O) groups is 12. The Labute approximate surface area is 385 Å². The van der Waals surface area contributed by atoms with Gasteiger partial charge in [-0.15, -0.1) is 0 Å². The second-order valence-electron chi connectivity index (χ2n) is 16.7. The number of hydrogen-bond donors (Lipinski definition) is 14. The number of amides is 9. The number of rotatable bonds is 28. The average Bonchev–Trinajstić information content (AvgIpc) is 3.73. The molecule has 1 rings (SSSR count). The fourth-order valence-electron chi connectivity index (χ4n) is 6.47. The average molecular weight is 959 g/mol. The van der Waals surface area contributed by atoms with E-state index >= 15 is 0 Å². The Morgan fingerprint density at radius 2 is 1.00 bits per heavy atom. The highest BCUT2D eigenvalue weighted by atomic mass is 16.4. The number of hydrogen-bond acceptors (Lipinski definition) is 15. The third-order valence-corrected chi connectivity index (χ3v) is 10.2. The molecule has 1 saturated heterocycles. The van der Waals surface area contributed by atoms with Crippen LogP contribution >= 0.6 is 0 Å². The fourth-order valence-corrected chi connectivity index (χ4v) is 6.47. The van der Waals surface area contributed by atoms with Gasteiger partial charge in [-0.05, 0) is 72.6 Å². The van der Waals surface area contributed by atoms with Crippen LogP contribution in [-0.2, 0) is 57.5 Å². The van der Waals surface area contributed by atoms with Gasteiger partial charge in [-0.3, -0.25) is 52.7 Å². The molecule has 0 aliphatic carbocycles. The minimum atomic E-state index is -1.78. The maximum atomic E-state index is 13.7. The smallest absolute Gasteiger partial charge is 0.326 e. The summed E-state index contributed by atoms with van der Waals surface area (Å²) in [5.41, 5.74) is 5.69. The number of nitrogens with two attached hydrogens (primary N) is 1. The van der Waals surface area contributed by atoms with E-state index in [0.29, 0.717) is 6.42 Å². The van der Waals surface area contributed by atoms with Crippen LogP contribution in [0.2, 0.25) is 0 Å². The topological polar surface area (TPSA) is 431 Å². The van der Waals surface area contributed by atoms with Crippen molar-refractivity contribution in [1.29, 1.82) is 0 Å². The highest BCUT2D eigenvalue weighted by molar-refractivity contribution is 5.98. The molecule has 0 bridgehead atoms. The number of carboxylic acids is 3. The summed E-state index contributed by atoms with van der Waals surface area (Å²) in [5.74, 6) is -12.9. The molecule has 0 saturated carbocycles. The molecule has 0 aromatic rings. The van der Waals surface area contributed by atoms with Crippen LogP contribution in [0.1, 0.15) is 93.4 Å². The Kier molecular flexibility index (Phi) is 24.3. The lowest BCUT2D eigenvalue weighted by atomic mass is 10.0. The molecule has 1 fully saturated rings. The molecule has 15 N–H and O–H groups in total. The molecule has 27 nitrogen and oxygen atoms in total. The predicted molar refractivity (Wildman–Crippen MR) is 230 cm³/mol. The molecule has 0 spiro atoms. The third-order valence-electron chi connectivity index (χ3n) is 10.2. The second-order valence-corrected chi connectivity index (χ2v) is 16.7. The van der Waals surface area contributed by atoms with E-state index in [4.69, 9.17) is 10.8 Å². The van der Waals surface area contributed by atoms with Gasteiger partial charge in [0.25, 0.3) is 0 Å². The Bertz CT molecular complexity index is 1830. The summed E-state index contributed by atoms with van der Waals surface area (Å²) in [6.45, 7) is 8.82. The highest BCUT2D eigenvalue weighted by Crippen LogP contribution is 2.18. The minimum absolute atomic E-state index is 0.0947. The van der Waals surface area contributed by atoms with E-state index in [1.165, 1.54) is 32.6 Å². The molecule has 67 heavy (non-hydrogen) atoms. The van der Waals surface area contributed by atoms with Crippen LogP contribution < -0.4 is 48.3 Å². The molecular formula is C40H66N10O17. The number of carboxylic acid groups (broad SMARTS) is 3. The number of aliphatic carboxylic acids is 3. The zero-order valence-electron chi connectivity index (χ0n) is 38.5. The van der Waals surface area contributed by atoms with Crippen LogP contribution in [-0.4, -0.2) is 181 Å². The second kappa shape index (κ2) is 27.9. The van der Waals surface area contributed by atoms with Crippen LogP contribution in [0, 0.1) is 5.92 Å². The molecular weight excluding hydrogens is 892 g/mol. The molecule has 1 aliphatic heterocycles. The molecule has 27 heteroatoms. The summed E-state index contributed by atoms with van der Waals surface area (Å²) in [6, 6.07) is -14.1. The summed E-state index contributed by atoms with van der Waals surface area (Å²) in [4.78, 5) is 153. The van der Waals surface area contributed by atoms with Crippen molar-refractivity contribution in [2.75, 3.05) is 13.2 Å². The number of likely N-dealkylation sites (tertiary alicyclic amines) is 1. The third kappa shape index (κ3) is 19.9. The first-order valence-electron chi connectivity index (χ1n) is 21.6. The SMILES string of the molecule is CC(C)C[C@H](NC(=O)[C@@H](NC(=O)[C@H](CO)NC(=O)[C@@H]1CCCN1C(=O)[C@H](C)N)[C@@H](C)O)C(=O)N[C@@H](CCC(=O)O)C(=O)N[C@@H](C)C(=O)N[C@@H](C)C(=O)N[C@@H](C)C(=O)N[C@@H](CCC(=O)O)C(=O)O. The lowest BCUT2D eigenvalue weighted by molar-refractivity contribution is -0.143. The number of nitrogens with zero attached hydrogens (tertiary/aromatic N) is 1. The first kappa shape index (κ1) is 58.5. The van der Waals surface area contributed by atoms with Crippen molar-refractivity contribution in [3.63, 3.8) is 0 Å². The Hall–Kier alpha value is -6.48. The van der Waals surface area contributed by atoms with Crippen LogP contribution in [0.5, 0.6) is 0 Å². The Balaban J connectivity index is 3.07. The first-order valence-corrected chi connectivity index (χ1v) is 21.6. The zero-order valence-corrected chi connectivity index (χ0v) is 38.5. The van der Waals surface area contributed by atoms with E-state index in [1.54, 1.807) is 13.8 Å². The summed E-state index contributed by atoms with van der Waals surface area (Å²) in [5, 5.41) is 66.3. The van der Waals surface area contributed by atoms with Crippen molar-refractivity contribution in [3.05, 3.63) is 0 Å². The van der Waals surface area contributed by atoms with Gasteiger partial charge in [0.1, 0.15) is 54.4 Å². The van der Waals surface area contributed by atoms with E-state index in [9.17, 15) is 78.0 Å². The van der Waals surface area contributed by atoms with Gasteiger partial charge in [-0.25, -0.2) is 4.79 Å². The van der Waals surface area contributed by atoms with Gasteiger partial charge in [0.2, 0.25) is 53.2 Å². The highest BCUT2D eigenvalue weighted by Gasteiger charge is 2.38. The minimum Gasteiger partial charge on any atom is -0.481 e. The van der Waals surface area contributed by atoms with Gasteiger partial charge in [-0.1, -0.05) is 13.8 Å². The summed E-state index contributed by atoms with van der Waals surface area (Å²) in [6.07, 6.45) is -3.16. The van der Waals surface area contributed by atoms with E-state index < -0.39 is 170 Å². The van der Waals surface area contributed by atoms with Gasteiger partial charge >= 0.3 is 17.9 Å². The molecule has 378 valence electrons. The number of aliphatic hydroxyl groups is 2. The quantitative estimate of drug-likeness (QED) is 0.0348. The fraction of sp³-hybridized carbons (Fsp3) is 0.700. The van der Waals surface area contributed by atoms with Crippen molar-refractivity contribution in [2.24, 2.45) is 11.7 Å². The maximum Gasteiger partial charge on any atom is 0.326 e. The monoisotopic (exact) mass is 958 g/mol. The van der Waals surface area contributed by atoms with Gasteiger partial charge < -0.3 is 78.7 Å². The molecule has 0 radical (unpaired) electrons. The lowest BCUT2D eigenvalue weighted by Crippen LogP contribution is -2.62. The van der Waals surface area contributed by atoms with E-state index in [-0.39, 0.29) is 25.3 Å². The number of aliphatic hydroxyl groups excluding tert-OH is 2. The van der Waals surface area contributed by atoms with Crippen LogP contribution in [0.25, 0.3) is 0 Å². The van der Waals surface area contributed by atoms with E-state index in [2.05, 4.69) is 42.5 Å². The lowest BCUT2D eigenvalue weighted by Gasteiger charge is -2.29. The molecule has 0 aromatic heterocycles. The number of nitrogens with one attached hydrogen (secondary N) is 8. The molecule has 0 unspecified atom stereocenters. The molecule has 9 amide bonds. The van der Waals surface area contributed by atoms with Crippen molar-refractivity contribution >= 4 is 71.1 Å². The van der Waals surface area contributed by atoms with Gasteiger partial charge in [0.15, 0.2) is 0 Å². The van der Waals surface area contributed by atoms with Crippen LogP contribution in [0.15, 0.2) is 0 Å². The molecule has 1 aliphatic rings. The summed E-state index contributed by atoms with van der Waals surface area (Å²) in [7, 11) is 0. The predicted octanol–water partition coefficient (Wildman–Crippen LogP) is -5.50. The van der Waals surface area contributed by atoms with E-state index in [1.807, 2.05) is 0 Å². The van der Waals surface area contributed by atoms with Crippen LogP contribution in [0.4, 0.5) is 0 Å². The standard InChI is InChI=1S/C40H66N10O17/c1-17(2)15-25(47-38(64)30(22(7)52)49-36(62)26(16-51)48-37(63)27-9-8-14-50(27)39(65)18(3)41)35(61)45-23(10-12-28(53)54)34(60)44-20(5)32(58)42-19(4)31(57)43-21(6)33(59)46-24(40(66)67)11-13-29(55)56/h17-27,30,51-52H,8-16,41H2,1-7H3,(H,42,58)(H,43,57)(H,44,60)(H,45,61)(H,46,59)(H,47,64)(H,48,63)(H,49,62)(H,53,54)(H,55,56)(H,66,67)/t18-,19-,20-,21-,22+,23-,24-,25-,26-,27-,30-/m0/s1. The molecule has 11 atom stereocenters. The van der Waals surface area contributed by atoms with Crippen molar-refractivity contribution < 1.29 is 83.1 Å². The largest absolute Gasteiger partial charge is 0.481 e. The van der Waals surface area contributed by atoms with E-state index in [0.717, 1.165) is 6.92 Å². The van der Waals surface area contributed by atoms with Crippen molar-refractivity contribution in [3.8, 4) is 0 Å². The summed E-state index contributed by atoms with van der Waals surface area (Å²) >= 11 is 0. The normalized spacial score (nSPS) is 17.8. The Morgan fingerprint density at radius 3 is 1.45 bits per heavy atom. The summed E-state index contributed by atoms with van der Waals surface area (Å²) < 4.78 is 0. The van der Waals surface area contributed by atoms with Gasteiger partial charge in [0.05, 0.1) is 18.8 Å². The Morgan fingerprint density at radius 1 is 0.567 bits per heavy atom. The van der Waals surface area contributed by atoms with Crippen molar-refractivity contribution in [1.82, 2.24) is 47.4 Å². The zero-order chi connectivity index (χ0) is 51.5. The van der Waals surface area contributed by atoms with Gasteiger partial charge in [0, 0.05) is 19.4 Å². The van der Waals surface area contributed by atoms with Crippen molar-refractivity contribution in [2.45, 2.75) is 160 Å². The molecule has 1 heterocycles. The number of carbonyl (C=O) groups excluding carboxylic acids is 9.